The van der Waals surface area contributed by atoms with Crippen molar-refractivity contribution in [2.45, 2.75) is 95.9 Å². The van der Waals surface area contributed by atoms with Crippen molar-refractivity contribution in [3.63, 3.8) is 0 Å². The Labute approximate surface area is 209 Å². The van der Waals surface area contributed by atoms with Crippen molar-refractivity contribution in [3.05, 3.63) is 80.3 Å². The SMILES string of the molecule is CC[Si](CC)=[Ti]([C]1=C(C)C=CC1)[CH]1c2cc(C(C)(C)C)ccc2-c2ccc(C(C)(C)C)cc21. The van der Waals surface area contributed by atoms with E-state index in [4.69, 9.17) is 0 Å². The van der Waals surface area contributed by atoms with Crippen molar-refractivity contribution in [2.75, 3.05) is 0 Å². The van der Waals surface area contributed by atoms with Crippen LogP contribution in [0.15, 0.2) is 58.0 Å². The summed E-state index contributed by atoms with van der Waals surface area (Å²) in [5, 5.41) is 0. The molecule has 2 aliphatic carbocycles. The Morgan fingerprint density at radius 2 is 1.30 bits per heavy atom. The van der Waals surface area contributed by atoms with Gasteiger partial charge in [0.25, 0.3) is 0 Å². The fourth-order valence-electron chi connectivity index (χ4n) is 5.67. The Morgan fingerprint density at radius 3 is 1.67 bits per heavy atom. The Kier molecular flexibility index (Phi) is 6.91. The predicted octanol–water partition coefficient (Wildman–Crippen LogP) is 9.23. The second-order valence-electron chi connectivity index (χ2n) is 12.0. The third kappa shape index (κ3) is 4.58. The summed E-state index contributed by atoms with van der Waals surface area (Å²) >= 11 is -1.59. The minimum absolute atomic E-state index is 0.179. The molecule has 0 nitrogen and oxygen atoms in total. The van der Waals surface area contributed by atoms with E-state index < -0.39 is 16.6 Å². The first-order valence-corrected chi connectivity index (χ1v) is 18.8. The molecular weight excluding hydrogens is 448 g/mol. The Morgan fingerprint density at radius 1 is 0.818 bits per heavy atom. The van der Waals surface area contributed by atoms with Crippen LogP contribution in [0.25, 0.3) is 11.1 Å². The molecular formula is C31H42SiTi. The van der Waals surface area contributed by atoms with E-state index in [1.54, 1.807) is 16.7 Å². The molecule has 0 amide bonds. The number of hydrogen-bond acceptors (Lipinski definition) is 0. The van der Waals surface area contributed by atoms with Crippen molar-refractivity contribution in [2.24, 2.45) is 0 Å². The van der Waals surface area contributed by atoms with E-state index in [1.165, 1.54) is 40.8 Å². The van der Waals surface area contributed by atoms with Crippen molar-refractivity contribution >= 4 is 6.19 Å². The molecule has 2 aromatic carbocycles. The van der Waals surface area contributed by atoms with Crippen LogP contribution in [0.3, 0.4) is 0 Å². The van der Waals surface area contributed by atoms with Gasteiger partial charge in [-0.2, -0.15) is 0 Å². The van der Waals surface area contributed by atoms with Gasteiger partial charge in [0.2, 0.25) is 0 Å². The van der Waals surface area contributed by atoms with Gasteiger partial charge in [0, 0.05) is 0 Å². The summed E-state index contributed by atoms with van der Waals surface area (Å²) in [7, 11) is 0. The summed E-state index contributed by atoms with van der Waals surface area (Å²) in [4.78, 5) is 0. The summed E-state index contributed by atoms with van der Waals surface area (Å²) < 4.78 is 2.54. The molecule has 0 spiro atoms. The first-order chi connectivity index (χ1) is 15.5. The molecule has 0 fully saturated rings. The van der Waals surface area contributed by atoms with Crippen LogP contribution in [-0.2, 0) is 27.4 Å². The summed E-state index contributed by atoms with van der Waals surface area (Å²) in [6.07, 6.45) is 5.71. The van der Waals surface area contributed by atoms with E-state index in [9.17, 15) is 0 Å². The molecule has 0 aromatic heterocycles. The zero-order valence-corrected chi connectivity index (χ0v) is 24.9. The number of benzene rings is 2. The molecule has 2 heteroatoms. The molecule has 0 N–H and O–H groups in total. The molecule has 0 saturated heterocycles. The molecule has 0 radical (unpaired) electrons. The third-order valence-corrected chi connectivity index (χ3v) is 23.4. The van der Waals surface area contributed by atoms with Crippen molar-refractivity contribution < 1.29 is 16.6 Å². The number of rotatable bonds is 4. The van der Waals surface area contributed by atoms with Crippen LogP contribution in [0.5, 0.6) is 0 Å². The zero-order valence-electron chi connectivity index (χ0n) is 22.3. The topological polar surface area (TPSA) is 0 Å². The Bertz CT molecular complexity index is 1110. The summed E-state index contributed by atoms with van der Waals surface area (Å²) in [5.41, 5.74) is 11.3. The van der Waals surface area contributed by atoms with Gasteiger partial charge >= 0.3 is 210 Å². The van der Waals surface area contributed by atoms with Crippen LogP contribution in [-0.4, -0.2) is 6.19 Å². The molecule has 2 aliphatic rings. The van der Waals surface area contributed by atoms with E-state index in [2.05, 4.69) is 111 Å². The molecule has 33 heavy (non-hydrogen) atoms. The quantitative estimate of drug-likeness (QED) is 0.375. The number of allylic oxidation sites excluding steroid dienone is 4. The first kappa shape index (κ1) is 25.0. The number of hydrogen-bond donors (Lipinski definition) is 0. The maximum absolute atomic E-state index is 2.62. The van der Waals surface area contributed by atoms with Gasteiger partial charge in [0.1, 0.15) is 0 Å². The molecule has 0 aliphatic heterocycles. The summed E-state index contributed by atoms with van der Waals surface area (Å²) in [5.74, 6) is 0. The van der Waals surface area contributed by atoms with Crippen LogP contribution >= 0.6 is 0 Å². The van der Waals surface area contributed by atoms with Crippen LogP contribution in [0.4, 0.5) is 0 Å². The van der Waals surface area contributed by atoms with Crippen molar-refractivity contribution in [1.29, 1.82) is 0 Å². The predicted molar refractivity (Wildman–Crippen MR) is 144 cm³/mol. The van der Waals surface area contributed by atoms with E-state index >= 15 is 0 Å². The molecule has 2 aromatic rings. The first-order valence-electron chi connectivity index (χ1n) is 12.8. The average molecular weight is 491 g/mol. The van der Waals surface area contributed by atoms with Gasteiger partial charge in [0.05, 0.1) is 0 Å². The molecule has 174 valence electrons. The standard InChI is InChI=1S/C21H25.C6H7.C4H10Si.Ti/c1-20(2,3)16-7-9-18-14(12-16)11-15-13-17(21(4,5)6)8-10-19(15)18;1-6-4-2-3-5-6;1-3-5-4-2;/h7-13H,1-6H3;2,4H,3H2,1H3;3-4H2,1-2H3;. The van der Waals surface area contributed by atoms with Crippen molar-refractivity contribution in [1.82, 2.24) is 0 Å². The van der Waals surface area contributed by atoms with Gasteiger partial charge in [-0.25, -0.2) is 0 Å². The van der Waals surface area contributed by atoms with E-state index in [0.717, 1.165) is 0 Å². The monoisotopic (exact) mass is 490 g/mol. The van der Waals surface area contributed by atoms with Gasteiger partial charge in [-0.05, 0) is 0 Å². The molecule has 0 unspecified atom stereocenters. The molecule has 0 saturated carbocycles. The van der Waals surface area contributed by atoms with Gasteiger partial charge in [-0.3, -0.25) is 0 Å². The zero-order chi connectivity index (χ0) is 24.1. The van der Waals surface area contributed by atoms with Gasteiger partial charge < -0.3 is 0 Å². The fourth-order valence-corrected chi connectivity index (χ4v) is 21.3. The minimum atomic E-state index is -1.59. The van der Waals surface area contributed by atoms with Gasteiger partial charge in [-0.1, -0.05) is 0 Å². The van der Waals surface area contributed by atoms with Crippen LogP contribution in [0, 0.1) is 0 Å². The van der Waals surface area contributed by atoms with E-state index in [1.807, 2.05) is 3.88 Å². The number of fused-ring (bicyclic) bond motifs is 3. The molecule has 0 heterocycles. The van der Waals surface area contributed by atoms with E-state index in [-0.39, 0.29) is 17.0 Å². The third-order valence-electron chi connectivity index (χ3n) is 7.76. The molecule has 0 atom stereocenters. The second kappa shape index (κ2) is 9.14. The Balaban J connectivity index is 2.06. The summed E-state index contributed by atoms with van der Waals surface area (Å²) in [6, 6.07) is 17.8. The summed E-state index contributed by atoms with van der Waals surface area (Å²) in [6.45, 7) is 21.5. The van der Waals surface area contributed by atoms with E-state index in [0.29, 0.717) is 4.22 Å². The van der Waals surface area contributed by atoms with Crippen LogP contribution < -0.4 is 0 Å². The molecule has 0 bridgehead atoms. The average Bonchev–Trinajstić information content (AvgIpc) is 3.31. The normalized spacial score (nSPS) is 15.8. The Hall–Kier alpha value is -1.15. The maximum atomic E-state index is 2.62. The van der Waals surface area contributed by atoms with Crippen LogP contribution in [0.1, 0.15) is 95.2 Å². The fraction of sp³-hybridized carbons (Fsp3) is 0.484. The van der Waals surface area contributed by atoms with Crippen LogP contribution in [0.2, 0.25) is 12.1 Å². The van der Waals surface area contributed by atoms with Crippen molar-refractivity contribution in [3.8, 4) is 11.1 Å². The second-order valence-corrected chi connectivity index (χ2v) is 23.3. The van der Waals surface area contributed by atoms with Gasteiger partial charge in [-0.15, -0.1) is 0 Å². The van der Waals surface area contributed by atoms with Gasteiger partial charge in [0.15, 0.2) is 0 Å². The molecule has 4 rings (SSSR count).